The first-order valence-corrected chi connectivity index (χ1v) is 12.3. The van der Waals surface area contributed by atoms with E-state index in [0.29, 0.717) is 51.7 Å². The van der Waals surface area contributed by atoms with Crippen LogP contribution in [0.25, 0.3) is 11.0 Å². The minimum absolute atomic E-state index is 0.166. The normalized spacial score (nSPS) is 25.3. The molecule has 0 saturated heterocycles. The molecule has 9 heteroatoms. The van der Waals surface area contributed by atoms with Crippen LogP contribution in [0.4, 0.5) is 5.69 Å². The van der Waals surface area contributed by atoms with Crippen LogP contribution >= 0.6 is 23.2 Å². The molecule has 2 unspecified atom stereocenters. The van der Waals surface area contributed by atoms with Gasteiger partial charge in [-0.2, -0.15) is 0 Å². The van der Waals surface area contributed by atoms with Gasteiger partial charge in [-0.1, -0.05) is 67.3 Å². The van der Waals surface area contributed by atoms with Crippen LogP contribution in [0, 0.1) is 16.2 Å². The Labute approximate surface area is 217 Å². The second-order valence-electron chi connectivity index (χ2n) is 10.2. The van der Waals surface area contributed by atoms with Crippen LogP contribution < -0.4 is 10.9 Å². The fourth-order valence-corrected chi connectivity index (χ4v) is 6.28. The van der Waals surface area contributed by atoms with Crippen LogP contribution in [0.5, 0.6) is 0 Å². The number of amides is 1. The lowest BCUT2D eigenvalue weighted by atomic mass is 9.64. The van der Waals surface area contributed by atoms with Gasteiger partial charge in [0.15, 0.2) is 0 Å². The molecule has 0 radical (unpaired) electrons. The Morgan fingerprint density at radius 3 is 2.44 bits per heavy atom. The summed E-state index contributed by atoms with van der Waals surface area (Å²) >= 11 is 12.2. The lowest BCUT2D eigenvalue weighted by Crippen LogP contribution is -2.43. The van der Waals surface area contributed by atoms with Gasteiger partial charge >= 0.3 is 11.6 Å². The van der Waals surface area contributed by atoms with E-state index >= 15 is 0 Å². The molecular weight excluding hydrogens is 503 g/mol. The monoisotopic (exact) mass is 526 g/mol. The summed E-state index contributed by atoms with van der Waals surface area (Å²) in [5, 5.41) is 8.61. The Balaban J connectivity index is 1.42. The van der Waals surface area contributed by atoms with Gasteiger partial charge in [-0.25, -0.2) is 9.59 Å². The molecule has 2 aliphatic carbocycles. The Morgan fingerprint density at radius 2 is 1.72 bits per heavy atom. The van der Waals surface area contributed by atoms with Gasteiger partial charge in [0, 0.05) is 33.0 Å². The molecule has 1 N–H and O–H groups in total. The van der Waals surface area contributed by atoms with Crippen molar-refractivity contribution in [3.8, 4) is 0 Å². The van der Waals surface area contributed by atoms with Gasteiger partial charge in [-0.15, -0.1) is 0 Å². The number of hydrogen-bond acceptors (Lipinski definition) is 6. The van der Waals surface area contributed by atoms with E-state index in [2.05, 4.69) is 10.5 Å². The molecular formula is C27H24Cl2N2O5. The SMILES string of the molecule is CC12CCC(C(=O)Nc3cc(Cl)cc(Cl)c3)(C/C1=N/OC(=O)c1cc3ccccc3oc1=O)C2(C)C. The molecule has 2 atom stereocenters. The lowest BCUT2D eigenvalue weighted by Gasteiger charge is -2.39. The van der Waals surface area contributed by atoms with Crippen molar-refractivity contribution in [2.24, 2.45) is 21.4 Å². The molecule has 2 saturated carbocycles. The smallest absolute Gasteiger partial charge is 0.373 e. The minimum Gasteiger partial charge on any atom is -0.422 e. The van der Waals surface area contributed by atoms with Crippen molar-refractivity contribution >= 4 is 57.4 Å². The van der Waals surface area contributed by atoms with Crippen molar-refractivity contribution in [2.75, 3.05) is 5.32 Å². The maximum absolute atomic E-state index is 13.6. The van der Waals surface area contributed by atoms with Crippen LogP contribution in [0.15, 0.2) is 62.9 Å². The van der Waals surface area contributed by atoms with E-state index < -0.39 is 27.8 Å². The number of anilines is 1. The van der Waals surface area contributed by atoms with Crippen LogP contribution in [0.3, 0.4) is 0 Å². The standard InChI is InChI=1S/C27H24Cl2N2O5/c1-25(2)26(3)8-9-27(25,24(34)30-18-12-16(28)11-17(29)13-18)14-21(26)31-36-23(33)19-10-15-6-4-5-7-20(15)35-22(19)32/h4-7,10-13H,8-9,14H2,1-3H3,(H,30,34)/b31-21-. The first-order valence-electron chi connectivity index (χ1n) is 11.6. The quantitative estimate of drug-likeness (QED) is 0.238. The molecule has 1 amide bonds. The highest BCUT2D eigenvalue weighted by atomic mass is 35.5. The number of hydrogen-bond donors (Lipinski definition) is 1. The van der Waals surface area contributed by atoms with E-state index in [1.807, 2.05) is 20.8 Å². The van der Waals surface area contributed by atoms with Crippen LogP contribution in [-0.2, 0) is 9.63 Å². The van der Waals surface area contributed by atoms with E-state index in [-0.39, 0.29) is 11.5 Å². The summed E-state index contributed by atoms with van der Waals surface area (Å²) in [5.41, 5.74) is -1.28. The lowest BCUT2D eigenvalue weighted by molar-refractivity contribution is -0.130. The van der Waals surface area contributed by atoms with Gasteiger partial charge in [-0.05, 0) is 48.6 Å². The second-order valence-corrected chi connectivity index (χ2v) is 11.1. The molecule has 36 heavy (non-hydrogen) atoms. The largest absolute Gasteiger partial charge is 0.422 e. The van der Waals surface area contributed by atoms with E-state index in [1.54, 1.807) is 42.5 Å². The van der Waals surface area contributed by atoms with Crippen LogP contribution in [-0.4, -0.2) is 17.6 Å². The van der Waals surface area contributed by atoms with Crippen molar-refractivity contribution in [1.29, 1.82) is 0 Å². The summed E-state index contributed by atoms with van der Waals surface area (Å²) in [6.07, 6.45) is 1.66. The molecule has 3 aromatic rings. The number of carbonyl (C=O) groups excluding carboxylic acids is 2. The number of nitrogens with zero attached hydrogens (tertiary/aromatic N) is 1. The topological polar surface area (TPSA) is 98.0 Å². The zero-order valence-electron chi connectivity index (χ0n) is 20.0. The molecule has 1 heterocycles. The van der Waals surface area contributed by atoms with Crippen LogP contribution in [0.1, 0.15) is 50.4 Å². The van der Waals surface area contributed by atoms with Gasteiger partial charge in [0.05, 0.1) is 11.1 Å². The molecule has 0 aliphatic heterocycles. The molecule has 2 aliphatic rings. The number of nitrogens with one attached hydrogen (secondary N) is 1. The highest BCUT2D eigenvalue weighted by Crippen LogP contribution is 2.71. The number of rotatable bonds is 4. The van der Waals surface area contributed by atoms with Gasteiger partial charge in [0.1, 0.15) is 11.1 Å². The zero-order valence-corrected chi connectivity index (χ0v) is 21.5. The van der Waals surface area contributed by atoms with Gasteiger partial charge in [0.25, 0.3) is 0 Å². The first-order chi connectivity index (χ1) is 17.0. The van der Waals surface area contributed by atoms with E-state index in [9.17, 15) is 14.4 Å². The van der Waals surface area contributed by atoms with Gasteiger partial charge in [-0.3, -0.25) is 4.79 Å². The van der Waals surface area contributed by atoms with E-state index in [0.717, 1.165) is 0 Å². The summed E-state index contributed by atoms with van der Waals surface area (Å²) < 4.78 is 5.23. The molecule has 2 bridgehead atoms. The van der Waals surface area contributed by atoms with Gasteiger partial charge < -0.3 is 14.6 Å². The minimum atomic E-state index is -0.904. The molecule has 5 rings (SSSR count). The Kier molecular flexibility index (Phi) is 5.76. The summed E-state index contributed by atoms with van der Waals surface area (Å²) in [6.45, 7) is 6.10. The van der Waals surface area contributed by atoms with Crippen molar-refractivity contribution in [3.05, 3.63) is 74.6 Å². The third-order valence-corrected chi connectivity index (χ3v) is 8.83. The fraction of sp³-hybridized carbons (Fsp3) is 0.333. The molecule has 0 spiro atoms. The Hall–Kier alpha value is -3.16. The Bertz CT molecular complexity index is 1490. The third-order valence-electron chi connectivity index (χ3n) is 8.39. The first kappa shape index (κ1) is 24.5. The number of carbonyl (C=O) groups is 2. The van der Waals surface area contributed by atoms with Crippen molar-refractivity contribution in [1.82, 2.24) is 0 Å². The van der Waals surface area contributed by atoms with Crippen molar-refractivity contribution < 1.29 is 18.8 Å². The highest BCUT2D eigenvalue weighted by molar-refractivity contribution is 6.35. The predicted octanol–water partition coefficient (Wildman–Crippen LogP) is 6.47. The maximum Gasteiger partial charge on any atom is 0.373 e. The molecule has 2 aromatic carbocycles. The van der Waals surface area contributed by atoms with E-state index in [1.165, 1.54) is 6.07 Å². The zero-order chi connectivity index (χ0) is 25.9. The molecule has 186 valence electrons. The average Bonchev–Trinajstić information content (AvgIpc) is 3.12. The van der Waals surface area contributed by atoms with Crippen LogP contribution in [0.2, 0.25) is 10.0 Å². The highest BCUT2D eigenvalue weighted by Gasteiger charge is 2.71. The second kappa shape index (κ2) is 8.46. The third kappa shape index (κ3) is 3.64. The molecule has 1 aromatic heterocycles. The summed E-state index contributed by atoms with van der Waals surface area (Å²) in [4.78, 5) is 44.0. The average molecular weight is 527 g/mol. The number of oxime groups is 1. The summed E-state index contributed by atoms with van der Waals surface area (Å²) in [5.74, 6) is -1.07. The number of para-hydroxylation sites is 1. The van der Waals surface area contributed by atoms with Gasteiger partial charge in [0.2, 0.25) is 5.91 Å². The fourth-order valence-electron chi connectivity index (χ4n) is 5.75. The molecule has 7 nitrogen and oxygen atoms in total. The molecule has 2 fully saturated rings. The maximum atomic E-state index is 13.6. The number of fused-ring (bicyclic) bond motifs is 3. The Morgan fingerprint density at radius 1 is 1.03 bits per heavy atom. The summed E-state index contributed by atoms with van der Waals surface area (Å²) in [6, 6.07) is 13.2. The predicted molar refractivity (Wildman–Crippen MR) is 139 cm³/mol. The number of benzene rings is 2. The van der Waals surface area contributed by atoms with Crippen molar-refractivity contribution in [2.45, 2.75) is 40.0 Å². The summed E-state index contributed by atoms with van der Waals surface area (Å²) in [7, 11) is 0. The van der Waals surface area contributed by atoms with Crippen molar-refractivity contribution in [3.63, 3.8) is 0 Å². The van der Waals surface area contributed by atoms with E-state index in [4.69, 9.17) is 32.5 Å². The number of halogens is 2.